The van der Waals surface area contributed by atoms with Gasteiger partial charge in [-0.05, 0) is 36.2 Å². The fourth-order valence-electron chi connectivity index (χ4n) is 3.23. The summed E-state index contributed by atoms with van der Waals surface area (Å²) in [7, 11) is 1.46. The van der Waals surface area contributed by atoms with Gasteiger partial charge in [-0.1, -0.05) is 6.07 Å². The number of aryl methyl sites for hydroxylation is 1. The second-order valence-corrected chi connectivity index (χ2v) is 6.26. The lowest BCUT2D eigenvalue weighted by Gasteiger charge is -2.26. The molecule has 0 saturated carbocycles. The Bertz CT molecular complexity index is 1100. The average molecular weight is 352 g/mol. The van der Waals surface area contributed by atoms with Crippen LogP contribution in [-0.4, -0.2) is 18.0 Å². The van der Waals surface area contributed by atoms with Gasteiger partial charge in [0.2, 0.25) is 0 Å². The highest BCUT2D eigenvalue weighted by Crippen LogP contribution is 2.39. The summed E-state index contributed by atoms with van der Waals surface area (Å²) in [4.78, 5) is 24.2. The number of carbonyl (C=O) groups is 1. The summed E-state index contributed by atoms with van der Waals surface area (Å²) in [6.45, 7) is 1.79. The number of ketones is 1. The Kier molecular flexibility index (Phi) is 3.68. The third kappa shape index (κ3) is 2.60. The lowest BCUT2D eigenvalue weighted by Crippen LogP contribution is -2.20. The van der Waals surface area contributed by atoms with Crippen LogP contribution in [0.5, 0.6) is 17.2 Å². The number of ether oxygens (including phenoxy) is 2. The molecule has 4 rings (SSSR count). The topological polar surface area (TPSA) is 86.0 Å². The van der Waals surface area contributed by atoms with Crippen molar-refractivity contribution < 1.29 is 23.8 Å². The molecule has 0 saturated heterocycles. The van der Waals surface area contributed by atoms with Gasteiger partial charge in [-0.15, -0.1) is 0 Å². The first-order valence-electron chi connectivity index (χ1n) is 8.11. The monoisotopic (exact) mass is 352 g/mol. The molecule has 2 heterocycles. The molecule has 0 radical (unpaired) electrons. The van der Waals surface area contributed by atoms with E-state index in [1.165, 1.54) is 19.2 Å². The molecule has 3 aromatic rings. The van der Waals surface area contributed by atoms with Crippen LogP contribution in [0.2, 0.25) is 0 Å². The number of methoxy groups -OCH3 is 1. The van der Waals surface area contributed by atoms with E-state index < -0.39 is 11.7 Å². The fourth-order valence-corrected chi connectivity index (χ4v) is 3.23. The van der Waals surface area contributed by atoms with Crippen molar-refractivity contribution in [1.29, 1.82) is 0 Å². The highest BCUT2D eigenvalue weighted by atomic mass is 16.5. The number of fused-ring (bicyclic) bond motifs is 2. The number of benzene rings is 2. The van der Waals surface area contributed by atoms with Crippen molar-refractivity contribution in [2.24, 2.45) is 0 Å². The molecule has 1 aliphatic heterocycles. The maximum atomic E-state index is 12.6. The van der Waals surface area contributed by atoms with Crippen molar-refractivity contribution in [3.8, 4) is 17.2 Å². The third-order valence-corrected chi connectivity index (χ3v) is 4.57. The minimum Gasteiger partial charge on any atom is -0.504 e. The number of hydrogen-bond donors (Lipinski definition) is 1. The van der Waals surface area contributed by atoms with E-state index in [0.29, 0.717) is 33.6 Å². The van der Waals surface area contributed by atoms with Crippen LogP contribution in [0.25, 0.3) is 11.0 Å². The summed E-state index contributed by atoms with van der Waals surface area (Å²) < 4.78 is 16.2. The highest BCUT2D eigenvalue weighted by Gasteiger charge is 2.29. The minimum absolute atomic E-state index is 0.0213. The Balaban J connectivity index is 1.78. The van der Waals surface area contributed by atoms with Crippen LogP contribution < -0.4 is 15.1 Å². The summed E-state index contributed by atoms with van der Waals surface area (Å²) in [5, 5.41) is 10.7. The van der Waals surface area contributed by atoms with Gasteiger partial charge in [0.25, 0.3) is 0 Å². The first-order chi connectivity index (χ1) is 12.5. The maximum absolute atomic E-state index is 12.6. The standard InChI is InChI=1S/C20H16O6/c1-10-5-20(23)26-18-9-19-13(7-12(10)18)14(21)8-17(25-19)11-3-4-16(24-2)15(22)6-11/h3-7,9,17,22H,8H2,1-2H3. The van der Waals surface area contributed by atoms with Crippen LogP contribution in [0.1, 0.15) is 34.0 Å². The number of Topliss-reactive ketones (excluding diaryl/α,β-unsaturated/α-hetero) is 1. The summed E-state index contributed by atoms with van der Waals surface area (Å²) in [6.07, 6.45) is -0.388. The number of phenols is 1. The van der Waals surface area contributed by atoms with Gasteiger partial charge < -0.3 is 19.0 Å². The minimum atomic E-state index is -0.541. The molecule has 2 aromatic carbocycles. The van der Waals surface area contributed by atoms with Gasteiger partial charge in [0.05, 0.1) is 19.1 Å². The smallest absolute Gasteiger partial charge is 0.336 e. The van der Waals surface area contributed by atoms with Crippen molar-refractivity contribution in [2.75, 3.05) is 7.11 Å². The lowest BCUT2D eigenvalue weighted by molar-refractivity contribution is 0.0850. The van der Waals surface area contributed by atoms with E-state index in [1.807, 2.05) is 0 Å². The molecule has 6 heteroatoms. The first-order valence-corrected chi connectivity index (χ1v) is 8.11. The quantitative estimate of drug-likeness (QED) is 0.710. The van der Waals surface area contributed by atoms with Crippen molar-refractivity contribution in [3.05, 3.63) is 63.5 Å². The molecule has 0 spiro atoms. The molecule has 1 unspecified atom stereocenters. The molecule has 0 fully saturated rings. The van der Waals surface area contributed by atoms with Crippen LogP contribution in [0.15, 0.2) is 45.6 Å². The van der Waals surface area contributed by atoms with Crippen molar-refractivity contribution in [3.63, 3.8) is 0 Å². The Labute approximate surface area is 148 Å². The van der Waals surface area contributed by atoms with Gasteiger partial charge in [-0.3, -0.25) is 4.79 Å². The van der Waals surface area contributed by atoms with Crippen LogP contribution in [0.4, 0.5) is 0 Å². The molecule has 132 valence electrons. The molecule has 26 heavy (non-hydrogen) atoms. The average Bonchev–Trinajstić information content (AvgIpc) is 2.60. The Morgan fingerprint density at radius 1 is 1.15 bits per heavy atom. The molecule has 0 amide bonds. The Morgan fingerprint density at radius 3 is 2.69 bits per heavy atom. The number of phenolic OH excluding ortho intramolecular Hbond substituents is 1. The van der Waals surface area contributed by atoms with E-state index in [2.05, 4.69) is 0 Å². The van der Waals surface area contributed by atoms with Gasteiger partial charge in [0.15, 0.2) is 17.3 Å². The van der Waals surface area contributed by atoms with E-state index in [9.17, 15) is 14.7 Å². The second-order valence-electron chi connectivity index (χ2n) is 6.26. The molecule has 1 atom stereocenters. The summed E-state index contributed by atoms with van der Waals surface area (Å²) >= 11 is 0. The van der Waals surface area contributed by atoms with Gasteiger partial charge in [-0.25, -0.2) is 4.79 Å². The Hall–Kier alpha value is -3.28. The highest BCUT2D eigenvalue weighted by molar-refractivity contribution is 6.03. The molecule has 1 aromatic heterocycles. The molecule has 1 aliphatic rings. The normalized spacial score (nSPS) is 16.2. The molecule has 6 nitrogen and oxygen atoms in total. The predicted molar refractivity (Wildman–Crippen MR) is 94.2 cm³/mol. The molecule has 0 aliphatic carbocycles. The van der Waals surface area contributed by atoms with Gasteiger partial charge in [0, 0.05) is 17.5 Å². The van der Waals surface area contributed by atoms with Crippen LogP contribution in [-0.2, 0) is 0 Å². The van der Waals surface area contributed by atoms with Crippen molar-refractivity contribution >= 4 is 16.8 Å². The van der Waals surface area contributed by atoms with E-state index in [4.69, 9.17) is 13.9 Å². The van der Waals surface area contributed by atoms with E-state index in [1.54, 1.807) is 31.2 Å². The molecule has 0 bridgehead atoms. The largest absolute Gasteiger partial charge is 0.504 e. The Morgan fingerprint density at radius 2 is 1.96 bits per heavy atom. The molecular weight excluding hydrogens is 336 g/mol. The number of rotatable bonds is 2. The summed E-state index contributed by atoms with van der Waals surface area (Å²) in [6, 6.07) is 9.56. The first kappa shape index (κ1) is 16.2. The fraction of sp³-hybridized carbons (Fsp3) is 0.200. The van der Waals surface area contributed by atoms with Crippen LogP contribution in [0, 0.1) is 6.92 Å². The molecular formula is C20H16O6. The van der Waals surface area contributed by atoms with Crippen LogP contribution in [0.3, 0.4) is 0 Å². The maximum Gasteiger partial charge on any atom is 0.336 e. The van der Waals surface area contributed by atoms with E-state index in [-0.39, 0.29) is 18.0 Å². The van der Waals surface area contributed by atoms with Gasteiger partial charge in [-0.2, -0.15) is 0 Å². The van der Waals surface area contributed by atoms with Crippen molar-refractivity contribution in [2.45, 2.75) is 19.4 Å². The van der Waals surface area contributed by atoms with E-state index >= 15 is 0 Å². The van der Waals surface area contributed by atoms with Gasteiger partial charge >= 0.3 is 5.63 Å². The second kappa shape index (κ2) is 5.91. The summed E-state index contributed by atoms with van der Waals surface area (Å²) in [5.41, 5.74) is 1.79. The third-order valence-electron chi connectivity index (χ3n) is 4.57. The molecule has 1 N–H and O–H groups in total. The zero-order valence-corrected chi connectivity index (χ0v) is 14.2. The number of carbonyl (C=O) groups excluding carboxylic acids is 1. The van der Waals surface area contributed by atoms with E-state index in [0.717, 1.165) is 5.56 Å². The summed E-state index contributed by atoms with van der Waals surface area (Å²) in [5.74, 6) is 0.619. The van der Waals surface area contributed by atoms with Crippen LogP contribution >= 0.6 is 0 Å². The zero-order valence-electron chi connectivity index (χ0n) is 14.2. The zero-order chi connectivity index (χ0) is 18.4. The predicted octanol–water partition coefficient (Wildman–Crippen LogP) is 3.52. The SMILES string of the molecule is COc1ccc(C2CC(=O)c3cc4c(C)cc(=O)oc4cc3O2)cc1O. The van der Waals surface area contributed by atoms with Gasteiger partial charge in [0.1, 0.15) is 17.4 Å². The lowest BCUT2D eigenvalue weighted by atomic mass is 9.94. The number of hydrogen-bond acceptors (Lipinski definition) is 6. The number of aromatic hydroxyl groups is 1. The van der Waals surface area contributed by atoms with Crippen molar-refractivity contribution in [1.82, 2.24) is 0 Å².